The third-order valence-electron chi connectivity index (χ3n) is 3.05. The normalized spacial score (nSPS) is 11.1. The highest BCUT2D eigenvalue weighted by molar-refractivity contribution is 7.11. The maximum atomic E-state index is 11.4. The molecule has 2 amide bonds. The summed E-state index contributed by atoms with van der Waals surface area (Å²) in [7, 11) is 1.48. The molecule has 122 valence electrons. The van der Waals surface area contributed by atoms with Crippen molar-refractivity contribution in [3.63, 3.8) is 0 Å². The molecule has 24 heavy (non-hydrogen) atoms. The first-order chi connectivity index (χ1) is 11.6. The van der Waals surface area contributed by atoms with Crippen LogP contribution < -0.4 is 10.6 Å². The van der Waals surface area contributed by atoms with Crippen LogP contribution in [0.25, 0.3) is 11.0 Å². The number of urea groups is 1. The van der Waals surface area contributed by atoms with E-state index in [1.54, 1.807) is 19.2 Å². The van der Waals surface area contributed by atoms with Gasteiger partial charge in [0.25, 0.3) is 0 Å². The Morgan fingerprint density at radius 3 is 2.96 bits per heavy atom. The smallest absolute Gasteiger partial charge is 0.319 e. The highest BCUT2D eigenvalue weighted by Gasteiger charge is 2.08. The summed E-state index contributed by atoms with van der Waals surface area (Å²) in [6.07, 6.45) is 1.66. The third-order valence-corrected chi connectivity index (χ3v) is 3.79. The minimum absolute atomic E-state index is 0.0651. The molecule has 0 fully saturated rings. The number of carbonyl (C=O) groups excluding carboxylic acids is 1. The third kappa shape index (κ3) is 3.27. The number of rotatable bonds is 3. The van der Waals surface area contributed by atoms with Gasteiger partial charge in [0.1, 0.15) is 11.6 Å². The molecule has 3 rings (SSSR count). The number of nitrogens with one attached hydrogen (secondary N) is 2. The van der Waals surface area contributed by atoms with Gasteiger partial charge in [0, 0.05) is 13.2 Å². The van der Waals surface area contributed by atoms with Gasteiger partial charge in [0.05, 0.1) is 16.8 Å². The number of hydrogen-bond acceptors (Lipinski definition) is 8. The Morgan fingerprint density at radius 1 is 1.33 bits per heavy atom. The van der Waals surface area contributed by atoms with Gasteiger partial charge < -0.3 is 15.7 Å². The van der Waals surface area contributed by atoms with Crippen molar-refractivity contribution >= 4 is 45.0 Å². The zero-order chi connectivity index (χ0) is 17.1. The molecule has 3 aromatic rings. The van der Waals surface area contributed by atoms with Crippen molar-refractivity contribution in [1.82, 2.24) is 19.7 Å². The predicted octanol–water partition coefficient (Wildman–Crippen LogP) is 3.27. The standard InChI is InChI=1S/C14H13N7O2S/c1-7-16-6-9-12(17-7)21-24-13(9)20-19-8-3-4-11(22)10(5-8)18-14(23)15-2/h3-6,22H,1-2H3,(H2,15,18,23). The average Bonchev–Trinajstić information content (AvgIpc) is 2.97. The van der Waals surface area contributed by atoms with E-state index in [2.05, 4.69) is 35.2 Å². The van der Waals surface area contributed by atoms with Gasteiger partial charge in [-0.1, -0.05) is 0 Å². The second kappa shape index (κ2) is 6.54. The number of hydrogen-bond donors (Lipinski definition) is 3. The van der Waals surface area contributed by atoms with Gasteiger partial charge in [-0.3, -0.25) is 0 Å². The summed E-state index contributed by atoms with van der Waals surface area (Å²) in [5, 5.41) is 24.2. The Hall–Kier alpha value is -3.14. The van der Waals surface area contributed by atoms with E-state index in [0.717, 1.165) is 5.39 Å². The number of anilines is 1. The van der Waals surface area contributed by atoms with Gasteiger partial charge >= 0.3 is 6.03 Å². The Morgan fingerprint density at radius 2 is 2.17 bits per heavy atom. The van der Waals surface area contributed by atoms with Gasteiger partial charge in [0.15, 0.2) is 10.6 Å². The zero-order valence-corrected chi connectivity index (χ0v) is 13.6. The summed E-state index contributed by atoms with van der Waals surface area (Å²) in [6.45, 7) is 1.79. The molecule has 10 heteroatoms. The second-order valence-electron chi connectivity index (χ2n) is 4.75. The summed E-state index contributed by atoms with van der Waals surface area (Å²) in [5.41, 5.74) is 1.28. The number of carbonyl (C=O) groups is 1. The average molecular weight is 343 g/mol. The van der Waals surface area contributed by atoms with Gasteiger partial charge in [-0.2, -0.15) is 4.37 Å². The maximum absolute atomic E-state index is 11.4. The Bertz CT molecular complexity index is 938. The molecular weight excluding hydrogens is 330 g/mol. The van der Waals surface area contributed by atoms with E-state index < -0.39 is 6.03 Å². The number of aryl methyl sites for hydroxylation is 1. The number of benzene rings is 1. The van der Waals surface area contributed by atoms with Crippen molar-refractivity contribution < 1.29 is 9.90 Å². The van der Waals surface area contributed by atoms with Crippen LogP contribution in [0, 0.1) is 6.92 Å². The molecule has 0 saturated carbocycles. The van der Waals surface area contributed by atoms with Crippen LogP contribution in [0.3, 0.4) is 0 Å². The fourth-order valence-corrected chi connectivity index (χ4v) is 2.49. The number of phenols is 1. The van der Waals surface area contributed by atoms with Crippen molar-refractivity contribution in [1.29, 1.82) is 0 Å². The van der Waals surface area contributed by atoms with E-state index in [1.807, 2.05) is 0 Å². The summed E-state index contributed by atoms with van der Waals surface area (Å²) in [5.74, 6) is 0.574. The van der Waals surface area contributed by atoms with Crippen LogP contribution in [0.15, 0.2) is 34.6 Å². The molecule has 2 heterocycles. The first-order valence-electron chi connectivity index (χ1n) is 6.89. The molecule has 0 aliphatic heterocycles. The quantitative estimate of drug-likeness (QED) is 0.497. The molecule has 0 aliphatic carbocycles. The Labute approximate surface area is 140 Å². The molecule has 3 N–H and O–H groups in total. The molecular formula is C14H13N7O2S. The zero-order valence-electron chi connectivity index (χ0n) is 12.8. The van der Waals surface area contributed by atoms with E-state index in [4.69, 9.17) is 0 Å². The van der Waals surface area contributed by atoms with E-state index in [0.29, 0.717) is 22.2 Å². The molecule has 0 radical (unpaired) electrons. The van der Waals surface area contributed by atoms with E-state index in [9.17, 15) is 9.90 Å². The number of amides is 2. The van der Waals surface area contributed by atoms with E-state index in [1.165, 1.54) is 30.7 Å². The summed E-state index contributed by atoms with van der Waals surface area (Å²) >= 11 is 1.17. The van der Waals surface area contributed by atoms with Crippen LogP contribution >= 0.6 is 11.5 Å². The number of nitrogens with zero attached hydrogens (tertiary/aromatic N) is 5. The van der Waals surface area contributed by atoms with Crippen LogP contribution in [0.2, 0.25) is 0 Å². The minimum Gasteiger partial charge on any atom is -0.506 e. The van der Waals surface area contributed by atoms with Crippen LogP contribution in [0.5, 0.6) is 5.75 Å². The first kappa shape index (κ1) is 15.7. The molecule has 0 unspecified atom stereocenters. The summed E-state index contributed by atoms with van der Waals surface area (Å²) in [4.78, 5) is 19.7. The molecule has 9 nitrogen and oxygen atoms in total. The van der Waals surface area contributed by atoms with Crippen molar-refractivity contribution in [2.24, 2.45) is 10.2 Å². The van der Waals surface area contributed by atoms with Crippen molar-refractivity contribution in [3.05, 3.63) is 30.2 Å². The van der Waals surface area contributed by atoms with Gasteiger partial charge in [-0.15, -0.1) is 10.2 Å². The lowest BCUT2D eigenvalue weighted by Crippen LogP contribution is -2.24. The molecule has 2 aromatic heterocycles. The maximum Gasteiger partial charge on any atom is 0.319 e. The highest BCUT2D eigenvalue weighted by atomic mass is 32.1. The first-order valence-corrected chi connectivity index (χ1v) is 7.66. The van der Waals surface area contributed by atoms with E-state index in [-0.39, 0.29) is 11.4 Å². The Kier molecular flexibility index (Phi) is 4.29. The molecule has 0 atom stereocenters. The van der Waals surface area contributed by atoms with Crippen molar-refractivity contribution in [3.8, 4) is 5.75 Å². The van der Waals surface area contributed by atoms with Crippen molar-refractivity contribution in [2.75, 3.05) is 12.4 Å². The number of azo groups is 1. The number of phenolic OH excluding ortho intramolecular Hbond substituents is 1. The van der Waals surface area contributed by atoms with Crippen molar-refractivity contribution in [2.45, 2.75) is 6.92 Å². The van der Waals surface area contributed by atoms with Crippen LogP contribution in [-0.2, 0) is 0 Å². The highest BCUT2D eigenvalue weighted by Crippen LogP contribution is 2.32. The van der Waals surface area contributed by atoms with Crippen LogP contribution in [-0.4, -0.2) is 32.5 Å². The lowest BCUT2D eigenvalue weighted by atomic mass is 10.2. The van der Waals surface area contributed by atoms with Gasteiger partial charge in [0.2, 0.25) is 0 Å². The predicted molar refractivity (Wildman–Crippen MR) is 90.3 cm³/mol. The molecule has 0 bridgehead atoms. The molecule has 0 saturated heterocycles. The SMILES string of the molecule is CNC(=O)Nc1cc(N=Nc2snc3nc(C)ncc23)ccc1O. The van der Waals surface area contributed by atoms with Gasteiger partial charge in [-0.05, 0) is 36.7 Å². The monoisotopic (exact) mass is 343 g/mol. The van der Waals surface area contributed by atoms with Crippen LogP contribution in [0.1, 0.15) is 5.82 Å². The Balaban J connectivity index is 1.88. The number of aromatic hydroxyl groups is 1. The molecule has 0 spiro atoms. The lowest BCUT2D eigenvalue weighted by Gasteiger charge is -2.06. The largest absolute Gasteiger partial charge is 0.506 e. The topological polar surface area (TPSA) is 125 Å². The molecule has 0 aliphatic rings. The summed E-state index contributed by atoms with van der Waals surface area (Å²) in [6, 6.07) is 4.08. The van der Waals surface area contributed by atoms with Gasteiger partial charge in [-0.25, -0.2) is 14.8 Å². The number of fused-ring (bicyclic) bond motifs is 1. The van der Waals surface area contributed by atoms with Crippen LogP contribution in [0.4, 0.5) is 21.2 Å². The summed E-state index contributed by atoms with van der Waals surface area (Å²) < 4.78 is 4.21. The molecule has 1 aromatic carbocycles. The number of aromatic nitrogens is 3. The lowest BCUT2D eigenvalue weighted by molar-refractivity contribution is 0.254. The second-order valence-corrected chi connectivity index (χ2v) is 5.50. The fourth-order valence-electron chi connectivity index (χ4n) is 1.86. The van der Waals surface area contributed by atoms with E-state index >= 15 is 0 Å². The fraction of sp³-hybridized carbons (Fsp3) is 0.143. The minimum atomic E-state index is -0.444.